The third kappa shape index (κ3) is 6.07. The second kappa shape index (κ2) is 10.4. The summed E-state index contributed by atoms with van der Waals surface area (Å²) in [5.74, 6) is 1.01. The second-order valence-corrected chi connectivity index (χ2v) is 9.30. The molecule has 0 saturated heterocycles. The zero-order valence-corrected chi connectivity index (χ0v) is 19.8. The molecule has 0 saturated carbocycles. The number of hydrogen-bond acceptors (Lipinski definition) is 7. The summed E-state index contributed by atoms with van der Waals surface area (Å²) in [5.41, 5.74) is 0.677. The van der Waals surface area contributed by atoms with E-state index in [1.165, 1.54) is 44.7 Å². The van der Waals surface area contributed by atoms with Gasteiger partial charge >= 0.3 is 10.1 Å². The lowest BCUT2D eigenvalue weighted by atomic mass is 10.1. The molecule has 33 heavy (non-hydrogen) atoms. The van der Waals surface area contributed by atoms with Gasteiger partial charge in [0.1, 0.15) is 10.6 Å². The number of carbonyl (C=O) groups is 1. The SMILES string of the molecule is COc1ccc(S(=O)(=O)Oc2cc(CN(CC(C)C)C(=O)c3ccco3)ccc2OC)cc1. The molecular formula is C24H27NO7S. The van der Waals surface area contributed by atoms with Gasteiger partial charge in [-0.25, -0.2) is 0 Å². The fraction of sp³-hybridized carbons (Fsp3) is 0.292. The third-order valence-electron chi connectivity index (χ3n) is 4.75. The number of nitrogens with zero attached hydrogens (tertiary/aromatic N) is 1. The van der Waals surface area contributed by atoms with E-state index in [0.29, 0.717) is 17.9 Å². The largest absolute Gasteiger partial charge is 0.497 e. The summed E-state index contributed by atoms with van der Waals surface area (Å²) < 4.78 is 46.7. The molecule has 1 aromatic heterocycles. The topological polar surface area (TPSA) is 95.3 Å². The lowest BCUT2D eigenvalue weighted by molar-refractivity contribution is 0.0690. The molecule has 9 heteroatoms. The smallest absolute Gasteiger partial charge is 0.339 e. The Labute approximate surface area is 193 Å². The van der Waals surface area contributed by atoms with Gasteiger partial charge in [-0.15, -0.1) is 0 Å². The summed E-state index contributed by atoms with van der Waals surface area (Å²) in [6, 6.07) is 14.1. The Morgan fingerprint density at radius 2 is 1.73 bits per heavy atom. The number of amides is 1. The van der Waals surface area contributed by atoms with E-state index < -0.39 is 10.1 Å². The molecule has 0 radical (unpaired) electrons. The lowest BCUT2D eigenvalue weighted by Crippen LogP contribution is -2.33. The van der Waals surface area contributed by atoms with Crippen molar-refractivity contribution < 1.29 is 31.3 Å². The summed E-state index contributed by atoms with van der Waals surface area (Å²) in [6.45, 7) is 4.74. The molecule has 0 aliphatic heterocycles. The molecule has 0 N–H and O–H groups in total. The van der Waals surface area contributed by atoms with Crippen LogP contribution in [-0.2, 0) is 16.7 Å². The van der Waals surface area contributed by atoms with Crippen molar-refractivity contribution in [3.05, 3.63) is 72.2 Å². The van der Waals surface area contributed by atoms with Crippen molar-refractivity contribution in [1.29, 1.82) is 0 Å². The van der Waals surface area contributed by atoms with Gasteiger partial charge in [0.25, 0.3) is 5.91 Å². The van der Waals surface area contributed by atoms with E-state index in [0.717, 1.165) is 0 Å². The monoisotopic (exact) mass is 473 g/mol. The van der Waals surface area contributed by atoms with Gasteiger partial charge in [0, 0.05) is 13.1 Å². The van der Waals surface area contributed by atoms with Crippen LogP contribution in [0.15, 0.2) is 70.2 Å². The average Bonchev–Trinajstić information content (AvgIpc) is 3.33. The number of rotatable bonds is 10. The highest BCUT2D eigenvalue weighted by Crippen LogP contribution is 2.32. The predicted molar refractivity (Wildman–Crippen MR) is 122 cm³/mol. The molecule has 0 fully saturated rings. The Balaban J connectivity index is 1.87. The van der Waals surface area contributed by atoms with Crippen LogP contribution in [0.2, 0.25) is 0 Å². The standard InChI is InChI=1S/C24H27NO7S/c1-17(2)15-25(24(26)22-6-5-13-31-22)16-18-7-12-21(30-4)23(14-18)32-33(27,28)20-10-8-19(29-3)9-11-20/h5-14,17H,15-16H2,1-4H3. The van der Waals surface area contributed by atoms with Gasteiger partial charge in [0.15, 0.2) is 17.3 Å². The first-order valence-corrected chi connectivity index (χ1v) is 11.7. The van der Waals surface area contributed by atoms with Crippen molar-refractivity contribution in [3.8, 4) is 17.2 Å². The van der Waals surface area contributed by atoms with Gasteiger partial charge in [0.2, 0.25) is 0 Å². The molecule has 1 heterocycles. The van der Waals surface area contributed by atoms with E-state index in [-0.39, 0.29) is 40.5 Å². The van der Waals surface area contributed by atoms with Crippen LogP contribution in [0.1, 0.15) is 30.0 Å². The Bertz CT molecular complexity index is 1170. The fourth-order valence-electron chi connectivity index (χ4n) is 3.23. The van der Waals surface area contributed by atoms with E-state index in [2.05, 4.69) is 0 Å². The lowest BCUT2D eigenvalue weighted by Gasteiger charge is -2.24. The Morgan fingerprint density at radius 3 is 2.30 bits per heavy atom. The zero-order valence-electron chi connectivity index (χ0n) is 19.0. The molecule has 8 nitrogen and oxygen atoms in total. The van der Waals surface area contributed by atoms with Crippen molar-refractivity contribution in [2.45, 2.75) is 25.3 Å². The minimum Gasteiger partial charge on any atom is -0.497 e. The van der Waals surface area contributed by atoms with Crippen LogP contribution in [0.3, 0.4) is 0 Å². The maximum atomic E-state index is 12.9. The van der Waals surface area contributed by atoms with Crippen LogP contribution < -0.4 is 13.7 Å². The van der Waals surface area contributed by atoms with E-state index >= 15 is 0 Å². The number of ether oxygens (including phenoxy) is 2. The maximum absolute atomic E-state index is 12.9. The van der Waals surface area contributed by atoms with Gasteiger partial charge in [-0.05, 0) is 60.0 Å². The first-order chi connectivity index (χ1) is 15.7. The first kappa shape index (κ1) is 24.2. The number of furan rings is 1. The quantitative estimate of drug-likeness (QED) is 0.404. The summed E-state index contributed by atoms with van der Waals surface area (Å²) in [5, 5.41) is 0. The molecular weight excluding hydrogens is 446 g/mol. The maximum Gasteiger partial charge on any atom is 0.339 e. The van der Waals surface area contributed by atoms with Crippen molar-refractivity contribution in [1.82, 2.24) is 4.90 Å². The van der Waals surface area contributed by atoms with Gasteiger partial charge in [0.05, 0.1) is 20.5 Å². The third-order valence-corrected chi connectivity index (χ3v) is 6.00. The van der Waals surface area contributed by atoms with Crippen molar-refractivity contribution in [2.24, 2.45) is 5.92 Å². The highest BCUT2D eigenvalue weighted by atomic mass is 32.2. The molecule has 0 unspecified atom stereocenters. The van der Waals surface area contributed by atoms with Crippen LogP contribution in [0.5, 0.6) is 17.2 Å². The van der Waals surface area contributed by atoms with Gasteiger partial charge < -0.3 is 23.0 Å². The minimum atomic E-state index is -4.12. The van der Waals surface area contributed by atoms with Crippen molar-refractivity contribution in [3.63, 3.8) is 0 Å². The van der Waals surface area contributed by atoms with E-state index in [9.17, 15) is 13.2 Å². The fourth-order valence-corrected chi connectivity index (χ4v) is 4.16. The number of hydrogen-bond donors (Lipinski definition) is 0. The van der Waals surface area contributed by atoms with E-state index in [1.807, 2.05) is 13.8 Å². The van der Waals surface area contributed by atoms with Crippen molar-refractivity contribution in [2.75, 3.05) is 20.8 Å². The van der Waals surface area contributed by atoms with Crippen molar-refractivity contribution >= 4 is 16.0 Å². The van der Waals surface area contributed by atoms with E-state index in [4.69, 9.17) is 18.1 Å². The molecule has 0 atom stereocenters. The molecule has 0 bridgehead atoms. The molecule has 2 aromatic carbocycles. The molecule has 176 valence electrons. The highest BCUT2D eigenvalue weighted by molar-refractivity contribution is 7.87. The van der Waals surface area contributed by atoms with Crippen LogP contribution in [0.4, 0.5) is 0 Å². The summed E-state index contributed by atoms with van der Waals surface area (Å²) in [7, 11) is -1.20. The summed E-state index contributed by atoms with van der Waals surface area (Å²) in [6.07, 6.45) is 1.45. The second-order valence-electron chi connectivity index (χ2n) is 7.76. The van der Waals surface area contributed by atoms with Gasteiger partial charge in [-0.3, -0.25) is 4.79 Å². The first-order valence-electron chi connectivity index (χ1n) is 10.3. The molecule has 0 aliphatic rings. The zero-order chi connectivity index (χ0) is 24.0. The van der Waals surface area contributed by atoms with Crippen LogP contribution >= 0.6 is 0 Å². The highest BCUT2D eigenvalue weighted by Gasteiger charge is 2.23. The number of carbonyl (C=O) groups excluding carboxylic acids is 1. The Hall–Kier alpha value is -3.46. The Kier molecular flexibility index (Phi) is 7.65. The Morgan fingerprint density at radius 1 is 1.00 bits per heavy atom. The molecule has 3 aromatic rings. The van der Waals surface area contributed by atoms with E-state index in [1.54, 1.807) is 35.2 Å². The molecule has 0 spiro atoms. The van der Waals surface area contributed by atoms with Crippen LogP contribution in [-0.4, -0.2) is 40.0 Å². The van der Waals surface area contributed by atoms with Crippen LogP contribution in [0.25, 0.3) is 0 Å². The average molecular weight is 474 g/mol. The normalized spacial score (nSPS) is 11.3. The van der Waals surface area contributed by atoms with Gasteiger partial charge in [-0.2, -0.15) is 8.42 Å². The molecule has 3 rings (SSSR count). The summed E-state index contributed by atoms with van der Waals surface area (Å²) >= 11 is 0. The summed E-state index contributed by atoms with van der Waals surface area (Å²) in [4.78, 5) is 14.5. The molecule has 0 aliphatic carbocycles. The number of methoxy groups -OCH3 is 2. The molecule has 1 amide bonds. The minimum absolute atomic E-state index is 0.0230. The van der Waals surface area contributed by atoms with Gasteiger partial charge in [-0.1, -0.05) is 19.9 Å². The predicted octanol–water partition coefficient (Wildman–Crippen LogP) is 4.36. The van der Waals surface area contributed by atoms with Crippen LogP contribution in [0, 0.1) is 5.92 Å². The number of benzene rings is 2.